The molecule has 212 valence electrons. The van der Waals surface area contributed by atoms with Crippen molar-refractivity contribution >= 4 is 31.5 Å². The maximum Gasteiger partial charge on any atom is 0.524 e. The van der Waals surface area contributed by atoms with Crippen LogP contribution in [0.3, 0.4) is 0 Å². The number of likely N-dealkylation sites (N-methyl/N-ethyl adjacent to an activating group) is 1. The first kappa shape index (κ1) is 31.5. The first-order valence-corrected chi connectivity index (χ1v) is 13.8. The summed E-state index contributed by atoms with van der Waals surface area (Å²) >= 11 is 0. The van der Waals surface area contributed by atoms with E-state index in [9.17, 15) is 23.7 Å². The fraction of sp³-hybridized carbons (Fsp3) is 0.385. The Bertz CT molecular complexity index is 1170. The van der Waals surface area contributed by atoms with Crippen LogP contribution >= 0.6 is 7.82 Å². The van der Waals surface area contributed by atoms with E-state index in [4.69, 9.17) is 14.9 Å². The third kappa shape index (κ3) is 12.1. The number of carboxylic acids is 1. The van der Waals surface area contributed by atoms with Crippen molar-refractivity contribution in [3.63, 3.8) is 0 Å². The van der Waals surface area contributed by atoms with Crippen molar-refractivity contribution in [2.45, 2.75) is 51.1 Å². The molecule has 0 aliphatic heterocycles. The molecular weight excluding hydrogens is 529 g/mol. The minimum absolute atomic E-state index is 0.00560. The Kier molecular flexibility index (Phi) is 12.1. The van der Waals surface area contributed by atoms with Crippen molar-refractivity contribution in [1.82, 2.24) is 15.5 Å². The summed E-state index contributed by atoms with van der Waals surface area (Å²) in [6.07, 6.45) is 0.925. The average molecular weight is 564 g/mol. The highest BCUT2D eigenvalue weighted by atomic mass is 31.2. The molecule has 2 rings (SSSR count). The van der Waals surface area contributed by atoms with Crippen LogP contribution in [-0.2, 0) is 36.6 Å². The zero-order valence-electron chi connectivity index (χ0n) is 21.8. The second-order valence-corrected chi connectivity index (χ2v) is 10.2. The summed E-state index contributed by atoms with van der Waals surface area (Å²) in [5, 5.41) is 14.3. The van der Waals surface area contributed by atoms with Crippen molar-refractivity contribution in [1.29, 1.82) is 0 Å². The number of benzene rings is 2. The molecule has 0 heterocycles. The lowest BCUT2D eigenvalue weighted by atomic mass is 10.0. The van der Waals surface area contributed by atoms with Gasteiger partial charge in [0.05, 0.1) is 0 Å². The summed E-state index contributed by atoms with van der Waals surface area (Å²) in [6.45, 7) is 1.62. The van der Waals surface area contributed by atoms with Gasteiger partial charge in [-0.1, -0.05) is 42.5 Å². The minimum Gasteiger partial charge on any atom is -0.481 e. The molecule has 2 atom stereocenters. The summed E-state index contributed by atoms with van der Waals surface area (Å²) in [4.78, 5) is 68.6. The minimum atomic E-state index is -4.73. The molecule has 13 heteroatoms. The van der Waals surface area contributed by atoms with Crippen molar-refractivity contribution in [2.75, 3.05) is 13.6 Å². The number of amides is 3. The molecule has 0 bridgehead atoms. The topological polar surface area (TPSA) is 183 Å². The summed E-state index contributed by atoms with van der Waals surface area (Å²) < 4.78 is 15.5. The number of carbonyl (C=O) groups excluding carboxylic acids is 3. The molecule has 0 unspecified atom stereocenters. The van der Waals surface area contributed by atoms with Gasteiger partial charge in [0, 0.05) is 33.4 Å². The van der Waals surface area contributed by atoms with Gasteiger partial charge in [0.1, 0.15) is 17.8 Å². The first-order chi connectivity index (χ1) is 18.3. The van der Waals surface area contributed by atoms with Gasteiger partial charge >= 0.3 is 13.8 Å². The molecule has 12 nitrogen and oxygen atoms in total. The summed E-state index contributed by atoms with van der Waals surface area (Å²) in [6, 6.07) is 13.1. The molecule has 0 aromatic heterocycles. The highest BCUT2D eigenvalue weighted by molar-refractivity contribution is 7.46. The quantitative estimate of drug-likeness (QED) is 0.201. The van der Waals surface area contributed by atoms with E-state index in [0.717, 1.165) is 12.0 Å². The number of aryl methyl sites for hydroxylation is 1. The van der Waals surface area contributed by atoms with Gasteiger partial charge in [-0.15, -0.1) is 0 Å². The first-order valence-electron chi connectivity index (χ1n) is 12.3. The van der Waals surface area contributed by atoms with Crippen LogP contribution in [0.4, 0.5) is 0 Å². The third-order valence-corrected chi connectivity index (χ3v) is 6.17. The third-order valence-electron chi connectivity index (χ3n) is 5.72. The van der Waals surface area contributed by atoms with Gasteiger partial charge in [-0.25, -0.2) is 4.57 Å². The zero-order chi connectivity index (χ0) is 29.0. The molecule has 0 radical (unpaired) electrons. The number of phosphoric acid groups is 1. The van der Waals surface area contributed by atoms with Crippen molar-refractivity contribution in [3.8, 4) is 5.75 Å². The zero-order valence-corrected chi connectivity index (χ0v) is 22.7. The van der Waals surface area contributed by atoms with Crippen molar-refractivity contribution < 1.29 is 43.2 Å². The molecule has 39 heavy (non-hydrogen) atoms. The van der Waals surface area contributed by atoms with E-state index in [1.807, 2.05) is 30.3 Å². The molecule has 3 amide bonds. The van der Waals surface area contributed by atoms with Crippen molar-refractivity contribution in [3.05, 3.63) is 65.7 Å². The van der Waals surface area contributed by atoms with E-state index in [-0.39, 0.29) is 25.0 Å². The molecular formula is C26H34N3O9P. The number of hydrogen-bond acceptors (Lipinski definition) is 6. The summed E-state index contributed by atoms with van der Waals surface area (Å²) in [7, 11) is -3.15. The van der Waals surface area contributed by atoms with E-state index >= 15 is 0 Å². The molecule has 0 fully saturated rings. The Hall–Kier alpha value is -3.73. The number of aliphatic carboxylic acids is 1. The second kappa shape index (κ2) is 15.0. The monoisotopic (exact) mass is 563 g/mol. The van der Waals surface area contributed by atoms with Crippen LogP contribution in [0.5, 0.6) is 5.75 Å². The molecule has 0 aliphatic carbocycles. The molecule has 0 saturated heterocycles. The fourth-order valence-corrected chi connectivity index (χ4v) is 4.25. The predicted octanol–water partition coefficient (Wildman–Crippen LogP) is 1.65. The van der Waals surface area contributed by atoms with Crippen LogP contribution < -0.4 is 15.2 Å². The Morgan fingerprint density at radius 2 is 1.59 bits per heavy atom. The van der Waals surface area contributed by atoms with E-state index in [1.165, 1.54) is 36.1 Å². The van der Waals surface area contributed by atoms with Crippen LogP contribution in [0, 0.1) is 0 Å². The number of phosphoric ester groups is 1. The highest BCUT2D eigenvalue weighted by Crippen LogP contribution is 2.37. The van der Waals surface area contributed by atoms with Gasteiger partial charge in [0.25, 0.3) is 0 Å². The van der Waals surface area contributed by atoms with Crippen LogP contribution in [0.1, 0.15) is 37.3 Å². The highest BCUT2D eigenvalue weighted by Gasteiger charge is 2.28. The maximum absolute atomic E-state index is 13.1. The maximum atomic E-state index is 13.1. The van der Waals surface area contributed by atoms with E-state index < -0.39 is 43.6 Å². The standard InChI is InChI=1S/C26H34N3O9P/c1-18(30)27-23(17-20-10-12-21(13-11-20)38-39(35,36)37)25(33)28-22(14-15-24(31)32)26(34)29(2)16-6-9-19-7-4-3-5-8-19/h3-5,7-8,10-13,22-23H,6,9,14-17H2,1-2H3,(H,27,30)(H,28,33)(H,31,32)(H2,35,36,37)/t22-,23+/m1/s1. The largest absolute Gasteiger partial charge is 0.524 e. The number of hydrogen-bond donors (Lipinski definition) is 5. The van der Waals surface area contributed by atoms with Crippen LogP contribution in [0.15, 0.2) is 54.6 Å². The Morgan fingerprint density at radius 3 is 2.15 bits per heavy atom. The number of nitrogens with zero attached hydrogens (tertiary/aromatic N) is 1. The lowest BCUT2D eigenvalue weighted by molar-refractivity contribution is -0.139. The van der Waals surface area contributed by atoms with Crippen LogP contribution in [0.2, 0.25) is 0 Å². The molecule has 0 spiro atoms. The lowest BCUT2D eigenvalue weighted by Crippen LogP contribution is -2.54. The number of nitrogens with one attached hydrogen (secondary N) is 2. The predicted molar refractivity (Wildman–Crippen MR) is 142 cm³/mol. The Morgan fingerprint density at radius 1 is 0.949 bits per heavy atom. The van der Waals surface area contributed by atoms with Gasteiger partial charge in [0.15, 0.2) is 0 Å². The SMILES string of the molecule is CC(=O)N[C@@H](Cc1ccc(OP(=O)(O)O)cc1)C(=O)N[C@H](CCC(=O)O)C(=O)N(C)CCCc1ccccc1. The van der Waals surface area contributed by atoms with Gasteiger partial charge in [0.2, 0.25) is 17.7 Å². The Labute approximate surface area is 226 Å². The average Bonchev–Trinajstić information content (AvgIpc) is 2.86. The van der Waals surface area contributed by atoms with E-state index in [1.54, 1.807) is 7.05 Å². The van der Waals surface area contributed by atoms with Crippen LogP contribution in [-0.4, -0.2) is 69.2 Å². The van der Waals surface area contributed by atoms with E-state index in [2.05, 4.69) is 15.2 Å². The van der Waals surface area contributed by atoms with E-state index in [0.29, 0.717) is 18.5 Å². The molecule has 2 aromatic rings. The molecule has 5 N–H and O–H groups in total. The number of carbonyl (C=O) groups is 4. The molecule has 0 aliphatic rings. The normalized spacial score (nSPS) is 12.6. The molecule has 0 saturated carbocycles. The van der Waals surface area contributed by atoms with Crippen LogP contribution in [0.25, 0.3) is 0 Å². The second-order valence-electron chi connectivity index (χ2n) is 9.03. The van der Waals surface area contributed by atoms with Gasteiger partial charge < -0.3 is 25.2 Å². The summed E-state index contributed by atoms with van der Waals surface area (Å²) in [5.41, 5.74) is 1.65. The van der Waals surface area contributed by atoms with Gasteiger partial charge in [-0.05, 0) is 42.5 Å². The Balaban J connectivity index is 2.09. The smallest absolute Gasteiger partial charge is 0.481 e. The van der Waals surface area contributed by atoms with Gasteiger partial charge in [-0.2, -0.15) is 0 Å². The molecule has 2 aromatic carbocycles. The van der Waals surface area contributed by atoms with Gasteiger partial charge in [-0.3, -0.25) is 29.0 Å². The number of carboxylic acid groups (broad SMARTS) is 1. The fourth-order valence-electron chi connectivity index (χ4n) is 3.85. The number of rotatable bonds is 15. The summed E-state index contributed by atoms with van der Waals surface area (Å²) in [5.74, 6) is -2.82. The lowest BCUT2D eigenvalue weighted by Gasteiger charge is -2.26. The van der Waals surface area contributed by atoms with Crippen molar-refractivity contribution in [2.24, 2.45) is 0 Å².